The van der Waals surface area contributed by atoms with Crippen molar-refractivity contribution < 1.29 is 23.7 Å². The molecule has 2 rings (SSSR count). The molecule has 2 atom stereocenters. The van der Waals surface area contributed by atoms with Gasteiger partial charge in [-0.25, -0.2) is 0 Å². The summed E-state index contributed by atoms with van der Waals surface area (Å²) in [6.45, 7) is 8.05. The maximum absolute atomic E-state index is 5.78. The summed E-state index contributed by atoms with van der Waals surface area (Å²) in [4.78, 5) is 0. The van der Waals surface area contributed by atoms with Gasteiger partial charge in [-0.15, -0.1) is 0 Å². The molecule has 1 unspecified atom stereocenters. The van der Waals surface area contributed by atoms with Gasteiger partial charge in [-0.1, -0.05) is 0 Å². The van der Waals surface area contributed by atoms with Crippen molar-refractivity contribution in [1.29, 1.82) is 0 Å². The van der Waals surface area contributed by atoms with Gasteiger partial charge in [0.15, 0.2) is 12.1 Å². The quantitative estimate of drug-likeness (QED) is 0.776. The van der Waals surface area contributed by atoms with E-state index in [1.165, 1.54) is 0 Å². The monoisotopic (exact) mass is 258 g/mol. The van der Waals surface area contributed by atoms with Crippen LogP contribution in [0.1, 0.15) is 34.1 Å². The van der Waals surface area contributed by atoms with E-state index in [0.717, 1.165) is 5.76 Å². The summed E-state index contributed by atoms with van der Waals surface area (Å²) >= 11 is 0. The Morgan fingerprint density at radius 1 is 1.22 bits per heavy atom. The molecule has 2 heterocycles. The Labute approximate surface area is 108 Å². The molecule has 0 bridgehead atoms. The van der Waals surface area contributed by atoms with Gasteiger partial charge in [-0.05, 0) is 19.9 Å². The molecule has 0 aromatic carbocycles. The predicted octanol–water partition coefficient (Wildman–Crippen LogP) is 2.17. The number of hydrogen-bond acceptors (Lipinski definition) is 5. The number of ether oxygens (including phenoxy) is 5. The Morgan fingerprint density at radius 2 is 1.94 bits per heavy atom. The summed E-state index contributed by atoms with van der Waals surface area (Å²) in [6, 6.07) is 0. The molecule has 104 valence electrons. The third kappa shape index (κ3) is 3.23. The lowest BCUT2D eigenvalue weighted by Crippen LogP contribution is -2.23. The lowest BCUT2D eigenvalue weighted by molar-refractivity contribution is -0.182. The van der Waals surface area contributed by atoms with Crippen LogP contribution in [0.2, 0.25) is 0 Å². The van der Waals surface area contributed by atoms with Crippen LogP contribution in [0, 0.1) is 0 Å². The summed E-state index contributed by atoms with van der Waals surface area (Å²) in [6.07, 6.45) is 2.20. The van der Waals surface area contributed by atoms with Crippen LogP contribution in [0.15, 0.2) is 11.8 Å². The van der Waals surface area contributed by atoms with Crippen molar-refractivity contribution in [1.82, 2.24) is 0 Å². The normalized spacial score (nSPS) is 35.9. The molecule has 2 aliphatic heterocycles. The summed E-state index contributed by atoms with van der Waals surface area (Å²) in [5.41, 5.74) is 0. The standard InChI is InChI=1S/C13H22O5/c1-12(2)15-8-9(16-12)6-7-10-11(14-5)18-13(3,4)17-10/h6,10-11H,7-8H2,1-5H3/b9-6+/t10?,11-/m1/s1. The van der Waals surface area contributed by atoms with Crippen molar-refractivity contribution in [2.45, 2.75) is 58.1 Å². The zero-order valence-corrected chi connectivity index (χ0v) is 11.7. The lowest BCUT2D eigenvalue weighted by Gasteiger charge is -2.16. The summed E-state index contributed by atoms with van der Waals surface area (Å²) in [5, 5.41) is 0. The Bertz CT molecular complexity index is 334. The zero-order valence-electron chi connectivity index (χ0n) is 11.7. The van der Waals surface area contributed by atoms with Crippen molar-refractivity contribution in [3.8, 4) is 0 Å². The molecule has 0 aliphatic carbocycles. The molecular weight excluding hydrogens is 236 g/mol. The molecule has 18 heavy (non-hydrogen) atoms. The zero-order chi connectivity index (χ0) is 13.4. The van der Waals surface area contributed by atoms with E-state index in [4.69, 9.17) is 23.7 Å². The third-order valence-corrected chi connectivity index (χ3v) is 2.89. The maximum atomic E-state index is 5.78. The molecule has 0 amide bonds. The summed E-state index contributed by atoms with van der Waals surface area (Å²) < 4.78 is 27.8. The van der Waals surface area contributed by atoms with Gasteiger partial charge in [0.1, 0.15) is 18.5 Å². The van der Waals surface area contributed by atoms with Crippen molar-refractivity contribution in [2.24, 2.45) is 0 Å². The fourth-order valence-electron chi connectivity index (χ4n) is 2.13. The van der Waals surface area contributed by atoms with Gasteiger partial charge in [-0.3, -0.25) is 0 Å². The van der Waals surface area contributed by atoms with Gasteiger partial charge in [0.2, 0.25) is 5.79 Å². The lowest BCUT2D eigenvalue weighted by atomic mass is 10.2. The highest BCUT2D eigenvalue weighted by Crippen LogP contribution is 2.31. The van der Waals surface area contributed by atoms with Crippen LogP contribution in [0.4, 0.5) is 0 Å². The molecule has 2 saturated heterocycles. The second-order valence-electron chi connectivity index (χ2n) is 5.47. The van der Waals surface area contributed by atoms with Crippen molar-refractivity contribution in [3.05, 3.63) is 11.8 Å². The summed E-state index contributed by atoms with van der Waals surface area (Å²) in [7, 11) is 1.62. The molecule has 0 spiro atoms. The van der Waals surface area contributed by atoms with Crippen molar-refractivity contribution >= 4 is 0 Å². The first kappa shape index (κ1) is 13.8. The van der Waals surface area contributed by atoms with Crippen LogP contribution >= 0.6 is 0 Å². The largest absolute Gasteiger partial charge is 0.465 e. The molecule has 2 fully saturated rings. The van der Waals surface area contributed by atoms with E-state index in [-0.39, 0.29) is 12.4 Å². The van der Waals surface area contributed by atoms with Crippen LogP contribution in [0.25, 0.3) is 0 Å². The SMILES string of the molecule is CO[C@@H]1OC(C)(C)OC1C/C=C1\COC(C)(C)O1. The van der Waals surface area contributed by atoms with Gasteiger partial charge < -0.3 is 23.7 Å². The minimum atomic E-state index is -0.601. The maximum Gasteiger partial charge on any atom is 0.204 e. The Morgan fingerprint density at radius 3 is 2.50 bits per heavy atom. The number of methoxy groups -OCH3 is 1. The molecule has 5 heteroatoms. The van der Waals surface area contributed by atoms with Gasteiger partial charge >= 0.3 is 0 Å². The second-order valence-corrected chi connectivity index (χ2v) is 5.47. The molecule has 2 aliphatic rings. The highest BCUT2D eigenvalue weighted by atomic mass is 16.8. The number of rotatable bonds is 3. The molecule has 0 aromatic rings. The van der Waals surface area contributed by atoms with Gasteiger partial charge in [-0.2, -0.15) is 0 Å². The van der Waals surface area contributed by atoms with E-state index in [9.17, 15) is 0 Å². The minimum Gasteiger partial charge on any atom is -0.465 e. The topological polar surface area (TPSA) is 46.2 Å². The Kier molecular flexibility index (Phi) is 3.69. The molecule has 5 nitrogen and oxygen atoms in total. The molecular formula is C13H22O5. The fourth-order valence-corrected chi connectivity index (χ4v) is 2.13. The molecule has 0 saturated carbocycles. The highest BCUT2D eigenvalue weighted by Gasteiger charge is 2.41. The highest BCUT2D eigenvalue weighted by molar-refractivity contribution is 5.00. The third-order valence-electron chi connectivity index (χ3n) is 2.89. The van der Waals surface area contributed by atoms with Crippen molar-refractivity contribution in [2.75, 3.05) is 13.7 Å². The molecule has 0 aromatic heterocycles. The molecule has 0 N–H and O–H groups in total. The number of hydrogen-bond donors (Lipinski definition) is 0. The van der Waals surface area contributed by atoms with Gasteiger partial charge in [0.25, 0.3) is 0 Å². The second kappa shape index (κ2) is 4.81. The smallest absolute Gasteiger partial charge is 0.204 e. The summed E-state index contributed by atoms with van der Waals surface area (Å²) in [5.74, 6) is -0.294. The van der Waals surface area contributed by atoms with Crippen LogP contribution in [0.5, 0.6) is 0 Å². The van der Waals surface area contributed by atoms with Crippen LogP contribution in [-0.4, -0.2) is 37.7 Å². The average Bonchev–Trinajstić information content (AvgIpc) is 2.75. The first-order valence-electron chi connectivity index (χ1n) is 6.22. The van der Waals surface area contributed by atoms with E-state index in [1.54, 1.807) is 7.11 Å². The van der Waals surface area contributed by atoms with E-state index >= 15 is 0 Å². The Hall–Kier alpha value is -0.620. The molecule has 0 radical (unpaired) electrons. The van der Waals surface area contributed by atoms with Crippen LogP contribution in [0.3, 0.4) is 0 Å². The predicted molar refractivity (Wildman–Crippen MR) is 64.7 cm³/mol. The van der Waals surface area contributed by atoms with Crippen LogP contribution in [-0.2, 0) is 23.7 Å². The first-order chi connectivity index (χ1) is 8.31. The van der Waals surface area contributed by atoms with Crippen LogP contribution < -0.4 is 0 Å². The van der Waals surface area contributed by atoms with E-state index in [0.29, 0.717) is 13.0 Å². The van der Waals surface area contributed by atoms with Gasteiger partial charge in [0, 0.05) is 27.4 Å². The Balaban J connectivity index is 1.92. The van der Waals surface area contributed by atoms with Crippen molar-refractivity contribution in [3.63, 3.8) is 0 Å². The van der Waals surface area contributed by atoms with E-state index in [1.807, 2.05) is 33.8 Å². The van der Waals surface area contributed by atoms with E-state index < -0.39 is 11.6 Å². The minimum absolute atomic E-state index is 0.121. The van der Waals surface area contributed by atoms with Gasteiger partial charge in [0.05, 0.1) is 0 Å². The first-order valence-corrected chi connectivity index (χ1v) is 6.22. The van der Waals surface area contributed by atoms with E-state index in [2.05, 4.69) is 0 Å². The fraction of sp³-hybridized carbons (Fsp3) is 0.846. The average molecular weight is 258 g/mol.